The van der Waals surface area contributed by atoms with Gasteiger partial charge in [0.15, 0.2) is 0 Å². The monoisotopic (exact) mass is 277 g/mol. The Hall–Kier alpha value is -1.65. The average Bonchev–Trinajstić information content (AvgIpc) is 2.37. The molecule has 19 heavy (non-hydrogen) atoms. The van der Waals surface area contributed by atoms with Gasteiger partial charge < -0.3 is 11.1 Å². The molecule has 1 unspecified atom stereocenters. The minimum Gasteiger partial charge on any atom is -0.370 e. The Kier molecular flexibility index (Phi) is 4.35. The highest BCUT2D eigenvalue weighted by atomic mass is 35.5. The molecule has 0 bridgehead atoms. The molecule has 0 aliphatic heterocycles. The fourth-order valence-corrected chi connectivity index (χ4v) is 2.21. The van der Waals surface area contributed by atoms with E-state index >= 15 is 0 Å². The fraction of sp³-hybridized carbons (Fsp3) is 0.286. The van der Waals surface area contributed by atoms with Crippen LogP contribution in [0.25, 0.3) is 10.9 Å². The maximum Gasteiger partial charge on any atom is 0.218 e. The molecule has 5 heteroatoms. The molecule has 0 saturated heterocycles. The van der Waals surface area contributed by atoms with Gasteiger partial charge in [0.05, 0.1) is 5.52 Å². The minimum atomic E-state index is -0.306. The van der Waals surface area contributed by atoms with Gasteiger partial charge in [-0.05, 0) is 30.7 Å². The molecular weight excluding hydrogens is 262 g/mol. The zero-order chi connectivity index (χ0) is 13.8. The molecule has 4 nitrogen and oxygen atoms in total. The van der Waals surface area contributed by atoms with E-state index in [0.717, 1.165) is 16.5 Å². The van der Waals surface area contributed by atoms with Gasteiger partial charge in [0.25, 0.3) is 0 Å². The van der Waals surface area contributed by atoms with Crippen LogP contribution >= 0.6 is 11.6 Å². The number of nitrogens with one attached hydrogen (secondary N) is 1. The van der Waals surface area contributed by atoms with E-state index in [1.54, 1.807) is 6.20 Å². The lowest BCUT2D eigenvalue weighted by molar-refractivity contribution is -0.118. The van der Waals surface area contributed by atoms with Gasteiger partial charge in [-0.2, -0.15) is 0 Å². The van der Waals surface area contributed by atoms with Gasteiger partial charge in [-0.3, -0.25) is 9.78 Å². The van der Waals surface area contributed by atoms with Crippen molar-refractivity contribution in [2.45, 2.75) is 25.9 Å². The Morgan fingerprint density at radius 1 is 1.47 bits per heavy atom. The van der Waals surface area contributed by atoms with E-state index in [9.17, 15) is 4.79 Å². The number of aromatic nitrogens is 1. The standard InChI is InChI=1S/C14H16ClN3O/c1-9(7-13(16)19)18-8-10-4-5-12(15)11-3-2-6-17-14(10)11/h2-6,9,18H,7-8H2,1H3,(H2,16,19). The van der Waals surface area contributed by atoms with Crippen molar-refractivity contribution >= 4 is 28.4 Å². The average molecular weight is 278 g/mol. The molecule has 1 aromatic carbocycles. The summed E-state index contributed by atoms with van der Waals surface area (Å²) < 4.78 is 0. The maximum absolute atomic E-state index is 10.8. The molecule has 0 radical (unpaired) electrons. The number of nitrogens with zero attached hydrogens (tertiary/aromatic N) is 1. The van der Waals surface area contributed by atoms with Gasteiger partial charge in [0, 0.05) is 35.6 Å². The van der Waals surface area contributed by atoms with Crippen LogP contribution in [-0.2, 0) is 11.3 Å². The Morgan fingerprint density at radius 3 is 3.00 bits per heavy atom. The summed E-state index contributed by atoms with van der Waals surface area (Å²) in [6.07, 6.45) is 2.06. The van der Waals surface area contributed by atoms with Gasteiger partial charge in [0.2, 0.25) is 5.91 Å². The van der Waals surface area contributed by atoms with Crippen LogP contribution < -0.4 is 11.1 Å². The quantitative estimate of drug-likeness (QED) is 0.881. The van der Waals surface area contributed by atoms with Crippen molar-refractivity contribution in [2.24, 2.45) is 5.73 Å². The summed E-state index contributed by atoms with van der Waals surface area (Å²) in [7, 11) is 0. The van der Waals surface area contributed by atoms with Crippen molar-refractivity contribution in [3.8, 4) is 0 Å². The van der Waals surface area contributed by atoms with Crippen LogP contribution in [0.5, 0.6) is 0 Å². The number of nitrogens with two attached hydrogens (primary N) is 1. The Labute approximate surface area is 117 Å². The van der Waals surface area contributed by atoms with Gasteiger partial charge in [-0.1, -0.05) is 17.7 Å². The molecule has 1 atom stereocenters. The number of primary amides is 1. The number of carbonyl (C=O) groups excluding carboxylic acids is 1. The van der Waals surface area contributed by atoms with Crippen molar-refractivity contribution in [1.82, 2.24) is 10.3 Å². The first-order chi connectivity index (χ1) is 9.08. The largest absolute Gasteiger partial charge is 0.370 e. The van der Waals surface area contributed by atoms with Crippen molar-refractivity contribution in [1.29, 1.82) is 0 Å². The molecule has 1 heterocycles. The summed E-state index contributed by atoms with van der Waals surface area (Å²) in [6.45, 7) is 2.55. The van der Waals surface area contributed by atoms with Gasteiger partial charge in [-0.15, -0.1) is 0 Å². The summed E-state index contributed by atoms with van der Waals surface area (Å²) in [4.78, 5) is 15.2. The van der Waals surface area contributed by atoms with Crippen LogP contribution in [0.1, 0.15) is 18.9 Å². The smallest absolute Gasteiger partial charge is 0.218 e. The third kappa shape index (κ3) is 3.43. The predicted octanol–water partition coefficient (Wildman–Crippen LogP) is 2.24. The van der Waals surface area contributed by atoms with Crippen molar-refractivity contribution < 1.29 is 4.79 Å². The third-order valence-electron chi connectivity index (χ3n) is 2.95. The van der Waals surface area contributed by atoms with Crippen molar-refractivity contribution in [2.75, 3.05) is 0 Å². The number of halogens is 1. The highest BCUT2D eigenvalue weighted by molar-refractivity contribution is 6.35. The number of hydrogen-bond donors (Lipinski definition) is 2. The van der Waals surface area contributed by atoms with E-state index in [1.165, 1.54) is 0 Å². The first-order valence-electron chi connectivity index (χ1n) is 6.11. The molecule has 0 aliphatic carbocycles. The summed E-state index contributed by atoms with van der Waals surface area (Å²) in [5, 5.41) is 4.89. The molecule has 3 N–H and O–H groups in total. The second kappa shape index (κ2) is 5.99. The third-order valence-corrected chi connectivity index (χ3v) is 3.28. The zero-order valence-electron chi connectivity index (χ0n) is 10.7. The van der Waals surface area contributed by atoms with Crippen molar-refractivity contribution in [3.63, 3.8) is 0 Å². The Balaban J connectivity index is 2.17. The minimum absolute atomic E-state index is 0.0342. The molecule has 2 aromatic rings. The second-order valence-electron chi connectivity index (χ2n) is 4.56. The lowest BCUT2D eigenvalue weighted by Gasteiger charge is -2.13. The fourth-order valence-electron chi connectivity index (χ4n) is 2.00. The predicted molar refractivity (Wildman–Crippen MR) is 76.9 cm³/mol. The molecule has 0 saturated carbocycles. The van der Waals surface area contributed by atoms with Crippen molar-refractivity contribution in [3.05, 3.63) is 41.0 Å². The summed E-state index contributed by atoms with van der Waals surface area (Å²) >= 11 is 6.14. The number of pyridine rings is 1. The SMILES string of the molecule is CC(CC(N)=O)NCc1ccc(Cl)c2cccnc12. The summed E-state index contributed by atoms with van der Waals surface area (Å²) in [6, 6.07) is 7.65. The number of hydrogen-bond acceptors (Lipinski definition) is 3. The molecule has 0 aliphatic rings. The molecule has 1 aromatic heterocycles. The second-order valence-corrected chi connectivity index (χ2v) is 4.97. The van der Waals surface area contributed by atoms with E-state index in [1.807, 2.05) is 31.2 Å². The number of rotatable bonds is 5. The number of benzene rings is 1. The topological polar surface area (TPSA) is 68.0 Å². The molecule has 100 valence electrons. The first-order valence-corrected chi connectivity index (χ1v) is 6.49. The summed E-state index contributed by atoms with van der Waals surface area (Å²) in [5.41, 5.74) is 7.10. The van der Waals surface area contributed by atoms with Crippen LogP contribution in [0.3, 0.4) is 0 Å². The summed E-state index contributed by atoms with van der Waals surface area (Å²) in [5.74, 6) is -0.306. The lowest BCUT2D eigenvalue weighted by atomic mass is 10.1. The highest BCUT2D eigenvalue weighted by Gasteiger charge is 2.08. The van der Waals surface area contributed by atoms with Crippen LogP contribution in [0.4, 0.5) is 0 Å². The first kappa shape index (κ1) is 13.8. The van der Waals surface area contributed by atoms with Gasteiger partial charge >= 0.3 is 0 Å². The zero-order valence-corrected chi connectivity index (χ0v) is 11.4. The van der Waals surface area contributed by atoms with Crippen LogP contribution in [0.2, 0.25) is 5.02 Å². The van der Waals surface area contributed by atoms with Crippen LogP contribution in [-0.4, -0.2) is 16.9 Å². The van der Waals surface area contributed by atoms with E-state index in [-0.39, 0.29) is 11.9 Å². The molecule has 0 fully saturated rings. The van der Waals surface area contributed by atoms with E-state index < -0.39 is 0 Å². The van der Waals surface area contributed by atoms with Crippen LogP contribution in [0, 0.1) is 0 Å². The number of fused-ring (bicyclic) bond motifs is 1. The lowest BCUT2D eigenvalue weighted by Crippen LogP contribution is -2.30. The van der Waals surface area contributed by atoms with E-state index in [2.05, 4.69) is 10.3 Å². The van der Waals surface area contributed by atoms with E-state index in [4.69, 9.17) is 17.3 Å². The van der Waals surface area contributed by atoms with E-state index in [0.29, 0.717) is 18.0 Å². The molecule has 2 rings (SSSR count). The number of carbonyl (C=O) groups is 1. The molecule has 0 spiro atoms. The maximum atomic E-state index is 10.8. The molecular formula is C14H16ClN3O. The van der Waals surface area contributed by atoms with Gasteiger partial charge in [-0.25, -0.2) is 0 Å². The Morgan fingerprint density at radius 2 is 2.26 bits per heavy atom. The Bertz CT molecular complexity index is 600. The van der Waals surface area contributed by atoms with Crippen LogP contribution in [0.15, 0.2) is 30.5 Å². The highest BCUT2D eigenvalue weighted by Crippen LogP contribution is 2.24. The molecule has 1 amide bonds. The number of amides is 1. The normalized spacial score (nSPS) is 12.5. The van der Waals surface area contributed by atoms with Gasteiger partial charge in [0.1, 0.15) is 0 Å².